The van der Waals surface area contributed by atoms with Crippen LogP contribution in [0.25, 0.3) is 6.08 Å². The van der Waals surface area contributed by atoms with Gasteiger partial charge in [0.25, 0.3) is 0 Å². The lowest BCUT2D eigenvalue weighted by atomic mass is 10.0. The minimum absolute atomic E-state index is 0.567. The molecule has 1 rings (SSSR count). The monoisotopic (exact) mass is 207 g/mol. The number of likely N-dealkylation sites (N-methyl/N-ethyl adjacent to an activating group) is 1. The SMILES string of the molecule is CCn1nccc1/C=C(/CNC)C(C)C. The van der Waals surface area contributed by atoms with E-state index in [1.54, 1.807) is 0 Å². The first-order chi connectivity index (χ1) is 7.19. The van der Waals surface area contributed by atoms with Crippen LogP contribution in [0.3, 0.4) is 0 Å². The molecule has 0 aliphatic carbocycles. The molecule has 0 atom stereocenters. The number of aryl methyl sites for hydroxylation is 1. The Kier molecular flexibility index (Phi) is 4.56. The van der Waals surface area contributed by atoms with E-state index in [9.17, 15) is 0 Å². The van der Waals surface area contributed by atoms with Crippen molar-refractivity contribution < 1.29 is 0 Å². The van der Waals surface area contributed by atoms with Gasteiger partial charge in [-0.25, -0.2) is 0 Å². The van der Waals surface area contributed by atoms with E-state index in [-0.39, 0.29) is 0 Å². The van der Waals surface area contributed by atoms with Crippen LogP contribution >= 0.6 is 0 Å². The number of nitrogens with zero attached hydrogens (tertiary/aromatic N) is 2. The van der Waals surface area contributed by atoms with Crippen molar-refractivity contribution in [3.8, 4) is 0 Å². The third-order valence-corrected chi connectivity index (χ3v) is 2.50. The second-order valence-electron chi connectivity index (χ2n) is 3.98. The van der Waals surface area contributed by atoms with Gasteiger partial charge < -0.3 is 5.32 Å². The Bertz CT molecular complexity index is 323. The quantitative estimate of drug-likeness (QED) is 0.802. The molecule has 1 aromatic rings. The minimum Gasteiger partial charge on any atom is -0.316 e. The van der Waals surface area contributed by atoms with Gasteiger partial charge in [-0.2, -0.15) is 5.10 Å². The molecule has 0 aliphatic heterocycles. The molecule has 84 valence electrons. The molecule has 0 aromatic carbocycles. The first kappa shape index (κ1) is 12.0. The maximum absolute atomic E-state index is 4.26. The maximum Gasteiger partial charge on any atom is 0.0609 e. The molecule has 0 saturated heterocycles. The van der Waals surface area contributed by atoms with Gasteiger partial charge in [0, 0.05) is 19.3 Å². The predicted molar refractivity (Wildman–Crippen MR) is 64.6 cm³/mol. The van der Waals surface area contributed by atoms with Crippen LogP contribution in [-0.4, -0.2) is 23.4 Å². The van der Waals surface area contributed by atoms with Crippen LogP contribution in [0.2, 0.25) is 0 Å². The zero-order valence-corrected chi connectivity index (χ0v) is 10.1. The van der Waals surface area contributed by atoms with Gasteiger partial charge in [-0.05, 0) is 32.0 Å². The predicted octanol–water partition coefficient (Wildman–Crippen LogP) is 2.16. The normalized spacial score (nSPS) is 12.5. The van der Waals surface area contributed by atoms with E-state index in [0.29, 0.717) is 5.92 Å². The summed E-state index contributed by atoms with van der Waals surface area (Å²) in [6, 6.07) is 2.06. The Balaban J connectivity index is 2.91. The summed E-state index contributed by atoms with van der Waals surface area (Å²) in [4.78, 5) is 0. The van der Waals surface area contributed by atoms with E-state index in [1.165, 1.54) is 11.3 Å². The molecule has 0 spiro atoms. The highest BCUT2D eigenvalue weighted by atomic mass is 15.3. The van der Waals surface area contributed by atoms with Crippen molar-refractivity contribution in [2.24, 2.45) is 5.92 Å². The van der Waals surface area contributed by atoms with E-state index in [1.807, 2.05) is 17.9 Å². The van der Waals surface area contributed by atoms with Gasteiger partial charge in [0.05, 0.1) is 5.69 Å². The Morgan fingerprint density at radius 3 is 2.87 bits per heavy atom. The molecule has 1 heterocycles. The smallest absolute Gasteiger partial charge is 0.0609 e. The highest BCUT2D eigenvalue weighted by Crippen LogP contribution is 2.13. The molecule has 1 N–H and O–H groups in total. The van der Waals surface area contributed by atoms with Gasteiger partial charge in [-0.3, -0.25) is 4.68 Å². The maximum atomic E-state index is 4.26. The number of hydrogen-bond donors (Lipinski definition) is 1. The molecule has 0 fully saturated rings. The van der Waals surface area contributed by atoms with Crippen molar-refractivity contribution in [1.29, 1.82) is 0 Å². The van der Waals surface area contributed by atoms with Crippen LogP contribution in [0.1, 0.15) is 26.5 Å². The molecule has 0 saturated carbocycles. The average Bonchev–Trinajstić information content (AvgIpc) is 2.64. The minimum atomic E-state index is 0.567. The fraction of sp³-hybridized carbons (Fsp3) is 0.583. The van der Waals surface area contributed by atoms with E-state index >= 15 is 0 Å². The zero-order valence-electron chi connectivity index (χ0n) is 10.1. The van der Waals surface area contributed by atoms with Crippen LogP contribution in [0.4, 0.5) is 0 Å². The summed E-state index contributed by atoms with van der Waals surface area (Å²) in [6.45, 7) is 8.40. The molecule has 3 heteroatoms. The van der Waals surface area contributed by atoms with Crippen molar-refractivity contribution in [3.63, 3.8) is 0 Å². The average molecular weight is 207 g/mol. The first-order valence-electron chi connectivity index (χ1n) is 5.55. The third-order valence-electron chi connectivity index (χ3n) is 2.50. The van der Waals surface area contributed by atoms with Gasteiger partial charge in [0.15, 0.2) is 0 Å². The van der Waals surface area contributed by atoms with E-state index in [0.717, 1.165) is 13.1 Å². The summed E-state index contributed by atoms with van der Waals surface area (Å²) >= 11 is 0. The van der Waals surface area contributed by atoms with Gasteiger partial charge in [0.2, 0.25) is 0 Å². The molecule has 15 heavy (non-hydrogen) atoms. The van der Waals surface area contributed by atoms with E-state index in [4.69, 9.17) is 0 Å². The molecular weight excluding hydrogens is 186 g/mol. The van der Waals surface area contributed by atoms with Crippen LogP contribution < -0.4 is 5.32 Å². The standard InChI is InChI=1S/C12H21N3/c1-5-15-12(6-7-14-15)8-11(9-13-4)10(2)3/h6-8,10,13H,5,9H2,1-4H3/b11-8-. The van der Waals surface area contributed by atoms with Crippen LogP contribution in [-0.2, 0) is 6.54 Å². The Morgan fingerprint density at radius 2 is 2.33 bits per heavy atom. The van der Waals surface area contributed by atoms with Crippen LogP contribution in [0.5, 0.6) is 0 Å². The largest absolute Gasteiger partial charge is 0.316 e. The van der Waals surface area contributed by atoms with Crippen molar-refractivity contribution >= 4 is 6.08 Å². The number of nitrogens with one attached hydrogen (secondary N) is 1. The van der Waals surface area contributed by atoms with Crippen LogP contribution in [0, 0.1) is 5.92 Å². The zero-order chi connectivity index (χ0) is 11.3. The highest BCUT2D eigenvalue weighted by molar-refractivity contribution is 5.49. The summed E-state index contributed by atoms with van der Waals surface area (Å²) in [5.41, 5.74) is 2.60. The Morgan fingerprint density at radius 1 is 1.60 bits per heavy atom. The molecule has 0 unspecified atom stereocenters. The van der Waals surface area contributed by atoms with Crippen molar-refractivity contribution in [3.05, 3.63) is 23.5 Å². The topological polar surface area (TPSA) is 29.9 Å². The fourth-order valence-corrected chi connectivity index (χ4v) is 1.55. The molecule has 1 aromatic heterocycles. The second-order valence-corrected chi connectivity index (χ2v) is 3.98. The summed E-state index contributed by atoms with van der Waals surface area (Å²) < 4.78 is 2.01. The van der Waals surface area contributed by atoms with Gasteiger partial charge in [-0.1, -0.05) is 19.4 Å². The molecule has 0 bridgehead atoms. The molecule has 0 amide bonds. The van der Waals surface area contributed by atoms with Crippen molar-refractivity contribution in [1.82, 2.24) is 15.1 Å². The molecule has 0 aliphatic rings. The summed E-state index contributed by atoms with van der Waals surface area (Å²) in [6.07, 6.45) is 4.09. The summed E-state index contributed by atoms with van der Waals surface area (Å²) in [5, 5.41) is 7.46. The summed E-state index contributed by atoms with van der Waals surface area (Å²) in [5.74, 6) is 0.567. The molecule has 0 radical (unpaired) electrons. The Hall–Kier alpha value is -1.09. The second kappa shape index (κ2) is 5.71. The lowest BCUT2D eigenvalue weighted by Gasteiger charge is -2.11. The lowest BCUT2D eigenvalue weighted by molar-refractivity contribution is 0.650. The van der Waals surface area contributed by atoms with Gasteiger partial charge in [-0.15, -0.1) is 0 Å². The first-order valence-corrected chi connectivity index (χ1v) is 5.55. The van der Waals surface area contributed by atoms with E-state index in [2.05, 4.69) is 43.3 Å². The number of rotatable bonds is 5. The summed E-state index contributed by atoms with van der Waals surface area (Å²) in [7, 11) is 1.98. The van der Waals surface area contributed by atoms with Crippen molar-refractivity contribution in [2.45, 2.75) is 27.3 Å². The fourth-order valence-electron chi connectivity index (χ4n) is 1.55. The molecular formula is C12H21N3. The number of aromatic nitrogens is 2. The van der Waals surface area contributed by atoms with Gasteiger partial charge in [0.1, 0.15) is 0 Å². The van der Waals surface area contributed by atoms with E-state index < -0.39 is 0 Å². The number of hydrogen-bond acceptors (Lipinski definition) is 2. The highest BCUT2D eigenvalue weighted by Gasteiger charge is 2.04. The molecule has 3 nitrogen and oxygen atoms in total. The lowest BCUT2D eigenvalue weighted by Crippen LogP contribution is -2.14. The van der Waals surface area contributed by atoms with Crippen LogP contribution in [0.15, 0.2) is 17.8 Å². The Labute approximate surface area is 92.2 Å². The third kappa shape index (κ3) is 3.20. The van der Waals surface area contributed by atoms with Crippen molar-refractivity contribution in [2.75, 3.05) is 13.6 Å². The van der Waals surface area contributed by atoms with Gasteiger partial charge >= 0.3 is 0 Å².